The van der Waals surface area contributed by atoms with E-state index in [0.717, 1.165) is 10.6 Å². The molecule has 0 aliphatic rings. The van der Waals surface area contributed by atoms with Crippen LogP contribution in [0.15, 0.2) is 18.2 Å². The van der Waals surface area contributed by atoms with E-state index in [1.807, 2.05) is 18.2 Å². The first-order valence-electron chi connectivity index (χ1n) is 4.76. The number of hydrogen-bond donors (Lipinski definition) is 0. The smallest absolute Gasteiger partial charge is 0.160 e. The molecule has 0 saturated carbocycles. The SMILES string of the molecule is COc1ccc(CCN(C)[O-])cc1OC. The van der Waals surface area contributed by atoms with Crippen LogP contribution in [0.1, 0.15) is 5.56 Å². The van der Waals surface area contributed by atoms with Crippen molar-refractivity contribution < 1.29 is 9.47 Å². The van der Waals surface area contributed by atoms with Crippen molar-refractivity contribution in [1.29, 1.82) is 0 Å². The van der Waals surface area contributed by atoms with Gasteiger partial charge in [-0.1, -0.05) is 6.07 Å². The summed E-state index contributed by atoms with van der Waals surface area (Å²) >= 11 is 0. The highest BCUT2D eigenvalue weighted by Gasteiger charge is 2.03. The summed E-state index contributed by atoms with van der Waals surface area (Å²) in [4.78, 5) is 0. The lowest BCUT2D eigenvalue weighted by molar-refractivity contribution is 0.354. The van der Waals surface area contributed by atoms with Crippen LogP contribution in [0.3, 0.4) is 0 Å². The van der Waals surface area contributed by atoms with Gasteiger partial charge in [0, 0.05) is 0 Å². The number of ether oxygens (including phenoxy) is 2. The number of rotatable bonds is 5. The predicted molar refractivity (Wildman–Crippen MR) is 59.2 cm³/mol. The maximum atomic E-state index is 10.8. The molecule has 0 atom stereocenters. The van der Waals surface area contributed by atoms with Gasteiger partial charge in [0.1, 0.15) is 0 Å². The van der Waals surface area contributed by atoms with Gasteiger partial charge in [-0.25, -0.2) is 0 Å². The van der Waals surface area contributed by atoms with Crippen LogP contribution in [0.5, 0.6) is 11.5 Å². The van der Waals surface area contributed by atoms with Crippen molar-refractivity contribution in [3.63, 3.8) is 0 Å². The quantitative estimate of drug-likeness (QED) is 0.693. The molecule has 0 aromatic heterocycles. The van der Waals surface area contributed by atoms with Crippen LogP contribution < -0.4 is 9.47 Å². The van der Waals surface area contributed by atoms with E-state index >= 15 is 0 Å². The summed E-state index contributed by atoms with van der Waals surface area (Å²) in [5.41, 5.74) is 1.07. The number of hydrogen-bond acceptors (Lipinski definition) is 4. The fourth-order valence-corrected chi connectivity index (χ4v) is 1.32. The van der Waals surface area contributed by atoms with E-state index in [9.17, 15) is 5.21 Å². The first-order valence-corrected chi connectivity index (χ1v) is 4.76. The molecule has 4 heteroatoms. The molecule has 1 rings (SSSR count). The Hall–Kier alpha value is -1.26. The van der Waals surface area contributed by atoms with Crippen LogP contribution >= 0.6 is 0 Å². The Morgan fingerprint density at radius 3 is 2.40 bits per heavy atom. The Morgan fingerprint density at radius 2 is 1.87 bits per heavy atom. The van der Waals surface area contributed by atoms with Crippen molar-refractivity contribution in [3.05, 3.63) is 29.0 Å². The molecule has 1 aromatic carbocycles. The molecule has 0 spiro atoms. The van der Waals surface area contributed by atoms with Crippen molar-refractivity contribution >= 4 is 0 Å². The van der Waals surface area contributed by atoms with Gasteiger partial charge in [-0.2, -0.15) is 0 Å². The number of likely N-dealkylation sites (N-methyl/N-ethyl adjacent to an activating group) is 1. The number of benzene rings is 1. The topological polar surface area (TPSA) is 44.8 Å². The van der Waals surface area contributed by atoms with Crippen molar-refractivity contribution in [2.75, 3.05) is 27.8 Å². The standard InChI is InChI=1S/C11H16NO3/c1-12(13)7-6-9-4-5-10(14-2)11(8-9)15-3/h4-5,8H,6-7H2,1-3H3/q-1. The normalized spacial score (nSPS) is 10.5. The summed E-state index contributed by atoms with van der Waals surface area (Å²) in [7, 11) is 4.71. The van der Waals surface area contributed by atoms with Crippen LogP contribution in [0.25, 0.3) is 0 Å². The average molecular weight is 210 g/mol. The molecule has 0 N–H and O–H groups in total. The minimum atomic E-state index is 0.482. The zero-order valence-corrected chi connectivity index (χ0v) is 9.32. The monoisotopic (exact) mass is 210 g/mol. The van der Waals surface area contributed by atoms with E-state index < -0.39 is 0 Å². The van der Waals surface area contributed by atoms with E-state index in [2.05, 4.69) is 0 Å². The van der Waals surface area contributed by atoms with Crippen molar-refractivity contribution in [2.45, 2.75) is 6.42 Å². The molecule has 15 heavy (non-hydrogen) atoms. The summed E-state index contributed by atoms with van der Waals surface area (Å²) in [6.07, 6.45) is 0.709. The second-order valence-electron chi connectivity index (χ2n) is 3.29. The third-order valence-corrected chi connectivity index (χ3v) is 2.16. The minimum Gasteiger partial charge on any atom is -0.785 e. The van der Waals surface area contributed by atoms with Gasteiger partial charge in [-0.3, -0.25) is 0 Å². The Kier molecular flexibility index (Phi) is 4.39. The molecule has 0 amide bonds. The highest BCUT2D eigenvalue weighted by molar-refractivity contribution is 5.42. The Morgan fingerprint density at radius 1 is 1.20 bits per heavy atom. The van der Waals surface area contributed by atoms with E-state index in [0.29, 0.717) is 24.5 Å². The summed E-state index contributed by atoms with van der Waals surface area (Å²) in [6, 6.07) is 5.67. The van der Waals surface area contributed by atoms with Gasteiger partial charge < -0.3 is 19.7 Å². The Bertz CT molecular complexity index is 313. The molecule has 84 valence electrons. The molecule has 0 fully saturated rings. The van der Waals surface area contributed by atoms with Gasteiger partial charge in [0.15, 0.2) is 11.5 Å². The molecule has 0 aliphatic heterocycles. The van der Waals surface area contributed by atoms with E-state index in [4.69, 9.17) is 9.47 Å². The van der Waals surface area contributed by atoms with Crippen molar-refractivity contribution in [3.8, 4) is 11.5 Å². The summed E-state index contributed by atoms with van der Waals surface area (Å²) in [5.74, 6) is 1.40. The maximum absolute atomic E-state index is 10.8. The first kappa shape index (κ1) is 11.8. The number of hydroxylamine groups is 2. The van der Waals surface area contributed by atoms with Crippen LogP contribution in [-0.2, 0) is 6.42 Å². The summed E-state index contributed by atoms with van der Waals surface area (Å²) in [5, 5.41) is 11.7. The van der Waals surface area contributed by atoms with Gasteiger partial charge in [-0.15, -0.1) is 0 Å². The average Bonchev–Trinajstić information content (AvgIpc) is 2.25. The van der Waals surface area contributed by atoms with Crippen LogP contribution in [0.2, 0.25) is 0 Å². The summed E-state index contributed by atoms with van der Waals surface area (Å²) in [6.45, 7) is 0.482. The lowest BCUT2D eigenvalue weighted by Gasteiger charge is -2.21. The van der Waals surface area contributed by atoms with Gasteiger partial charge in [-0.05, 0) is 37.7 Å². The van der Waals surface area contributed by atoms with Gasteiger partial charge in [0.05, 0.1) is 14.2 Å². The number of nitrogens with zero attached hydrogens (tertiary/aromatic N) is 1. The summed E-state index contributed by atoms with van der Waals surface area (Å²) < 4.78 is 10.3. The second kappa shape index (κ2) is 5.58. The van der Waals surface area contributed by atoms with Gasteiger partial charge in [0.25, 0.3) is 0 Å². The molecular formula is C11H16NO3-. The molecule has 0 heterocycles. The molecule has 0 aliphatic carbocycles. The molecular weight excluding hydrogens is 194 g/mol. The van der Waals surface area contributed by atoms with Crippen LogP contribution in [-0.4, -0.2) is 32.9 Å². The molecule has 4 nitrogen and oxygen atoms in total. The van der Waals surface area contributed by atoms with Gasteiger partial charge >= 0.3 is 0 Å². The zero-order valence-electron chi connectivity index (χ0n) is 9.32. The molecule has 0 bridgehead atoms. The molecule has 0 saturated heterocycles. The minimum absolute atomic E-state index is 0.482. The van der Waals surface area contributed by atoms with Crippen LogP contribution in [0, 0.1) is 5.21 Å². The zero-order chi connectivity index (χ0) is 11.3. The Labute approximate surface area is 90.0 Å². The predicted octanol–water partition coefficient (Wildman–Crippen LogP) is 1.68. The maximum Gasteiger partial charge on any atom is 0.160 e. The van der Waals surface area contributed by atoms with Crippen molar-refractivity contribution in [2.24, 2.45) is 0 Å². The third kappa shape index (κ3) is 3.42. The molecule has 0 unspecified atom stereocenters. The second-order valence-corrected chi connectivity index (χ2v) is 3.29. The molecule has 0 radical (unpaired) electrons. The Balaban J connectivity index is 2.74. The number of methoxy groups -OCH3 is 2. The van der Waals surface area contributed by atoms with E-state index in [1.165, 1.54) is 7.05 Å². The highest BCUT2D eigenvalue weighted by Crippen LogP contribution is 2.27. The fourth-order valence-electron chi connectivity index (χ4n) is 1.32. The van der Waals surface area contributed by atoms with Crippen molar-refractivity contribution in [1.82, 2.24) is 5.06 Å². The largest absolute Gasteiger partial charge is 0.785 e. The fraction of sp³-hybridized carbons (Fsp3) is 0.455. The third-order valence-electron chi connectivity index (χ3n) is 2.16. The lowest BCUT2D eigenvalue weighted by atomic mass is 10.1. The van der Waals surface area contributed by atoms with Gasteiger partial charge in [0.2, 0.25) is 0 Å². The molecule has 1 aromatic rings. The lowest BCUT2D eigenvalue weighted by Crippen LogP contribution is -2.12. The van der Waals surface area contributed by atoms with E-state index in [1.54, 1.807) is 14.2 Å². The van der Waals surface area contributed by atoms with Crippen LogP contribution in [0.4, 0.5) is 0 Å². The van der Waals surface area contributed by atoms with E-state index in [-0.39, 0.29) is 0 Å². The highest BCUT2D eigenvalue weighted by atomic mass is 16.5. The first-order chi connectivity index (χ1) is 7.17.